The van der Waals surface area contributed by atoms with Crippen LogP contribution in [0.2, 0.25) is 0 Å². The summed E-state index contributed by atoms with van der Waals surface area (Å²) in [6.07, 6.45) is -3.62. The zero-order chi connectivity index (χ0) is 16.0. The highest BCUT2D eigenvalue weighted by Gasteiger charge is 2.30. The van der Waals surface area contributed by atoms with Gasteiger partial charge in [-0.15, -0.1) is 0 Å². The molecule has 114 valence electrons. The third-order valence-corrected chi connectivity index (χ3v) is 2.36. The van der Waals surface area contributed by atoms with E-state index in [1.165, 1.54) is 0 Å². The molecule has 0 radical (unpaired) electrons. The van der Waals surface area contributed by atoms with Crippen molar-refractivity contribution in [1.29, 1.82) is 0 Å². The van der Waals surface area contributed by atoms with Crippen molar-refractivity contribution >= 4 is 17.6 Å². The predicted octanol–water partition coefficient (Wildman–Crippen LogP) is 2.35. The molecule has 0 saturated carbocycles. The Bertz CT molecular complexity index is 550. The molecular weight excluding hydrogens is 291 g/mol. The number of esters is 2. The van der Waals surface area contributed by atoms with Gasteiger partial charge in [0.15, 0.2) is 0 Å². The van der Waals surface area contributed by atoms with Gasteiger partial charge >= 0.3 is 18.1 Å². The topological polar surface area (TPSA) is 64.6 Å². The lowest BCUT2D eigenvalue weighted by Crippen LogP contribution is -2.15. The third-order valence-electron chi connectivity index (χ3n) is 2.36. The SMILES string of the molecule is COC(=O)/C=C(/Nc1ccc(C(F)(F)F)cc1)C(=O)OC. The molecule has 0 unspecified atom stereocenters. The molecule has 5 nitrogen and oxygen atoms in total. The molecule has 0 atom stereocenters. The Balaban J connectivity index is 2.97. The Labute approximate surface area is 118 Å². The second kappa shape index (κ2) is 6.78. The fraction of sp³-hybridized carbons (Fsp3) is 0.231. The number of ether oxygens (including phenoxy) is 2. The number of hydrogen-bond donors (Lipinski definition) is 1. The minimum Gasteiger partial charge on any atom is -0.466 e. The minimum atomic E-state index is -4.45. The van der Waals surface area contributed by atoms with Gasteiger partial charge in [0.2, 0.25) is 0 Å². The van der Waals surface area contributed by atoms with E-state index in [0.717, 1.165) is 44.6 Å². The van der Waals surface area contributed by atoms with Gasteiger partial charge in [0, 0.05) is 5.69 Å². The van der Waals surface area contributed by atoms with Crippen LogP contribution in [0.3, 0.4) is 0 Å². The van der Waals surface area contributed by atoms with E-state index in [9.17, 15) is 22.8 Å². The van der Waals surface area contributed by atoms with Gasteiger partial charge in [-0.25, -0.2) is 9.59 Å². The molecular formula is C13H12F3NO4. The number of benzene rings is 1. The molecule has 0 aliphatic rings. The van der Waals surface area contributed by atoms with Crippen molar-refractivity contribution < 1.29 is 32.2 Å². The summed E-state index contributed by atoms with van der Waals surface area (Å²) in [5, 5.41) is 2.49. The Morgan fingerprint density at radius 2 is 1.67 bits per heavy atom. The van der Waals surface area contributed by atoms with Gasteiger partial charge in [0.05, 0.1) is 25.9 Å². The van der Waals surface area contributed by atoms with E-state index in [-0.39, 0.29) is 11.4 Å². The Kier molecular flexibility index (Phi) is 5.34. The van der Waals surface area contributed by atoms with Gasteiger partial charge in [0.1, 0.15) is 5.70 Å². The molecule has 8 heteroatoms. The summed E-state index contributed by atoms with van der Waals surface area (Å²) >= 11 is 0. The van der Waals surface area contributed by atoms with Crippen LogP contribution in [0.15, 0.2) is 36.0 Å². The average Bonchev–Trinajstić information content (AvgIpc) is 2.45. The summed E-state index contributed by atoms with van der Waals surface area (Å²) in [6, 6.07) is 3.93. The fourth-order valence-corrected chi connectivity index (χ4v) is 1.33. The molecule has 1 N–H and O–H groups in total. The first kappa shape index (κ1) is 16.5. The highest BCUT2D eigenvalue weighted by molar-refractivity contribution is 5.98. The first-order valence-corrected chi connectivity index (χ1v) is 5.60. The third kappa shape index (κ3) is 4.83. The van der Waals surface area contributed by atoms with Gasteiger partial charge in [0.25, 0.3) is 0 Å². The maximum Gasteiger partial charge on any atom is 0.416 e. The minimum absolute atomic E-state index is 0.184. The monoisotopic (exact) mass is 303 g/mol. The van der Waals surface area contributed by atoms with Crippen molar-refractivity contribution in [2.45, 2.75) is 6.18 Å². The van der Waals surface area contributed by atoms with Crippen molar-refractivity contribution in [3.63, 3.8) is 0 Å². The van der Waals surface area contributed by atoms with Crippen LogP contribution >= 0.6 is 0 Å². The molecule has 0 bridgehead atoms. The zero-order valence-corrected chi connectivity index (χ0v) is 11.2. The first-order chi connectivity index (χ1) is 9.77. The van der Waals surface area contributed by atoms with Crippen molar-refractivity contribution in [2.24, 2.45) is 0 Å². The van der Waals surface area contributed by atoms with Crippen LogP contribution in [0.5, 0.6) is 0 Å². The maximum atomic E-state index is 12.4. The van der Waals surface area contributed by atoms with Gasteiger partial charge in [-0.1, -0.05) is 0 Å². The molecule has 0 heterocycles. The van der Waals surface area contributed by atoms with Gasteiger partial charge in [-0.05, 0) is 24.3 Å². The van der Waals surface area contributed by atoms with E-state index in [1.54, 1.807) is 0 Å². The number of halogens is 3. The van der Waals surface area contributed by atoms with E-state index >= 15 is 0 Å². The van der Waals surface area contributed by atoms with E-state index in [1.807, 2.05) is 0 Å². The largest absolute Gasteiger partial charge is 0.466 e. The second-order valence-corrected chi connectivity index (χ2v) is 3.77. The molecule has 0 aliphatic carbocycles. The van der Waals surface area contributed by atoms with E-state index in [2.05, 4.69) is 14.8 Å². The van der Waals surface area contributed by atoms with Crippen LogP contribution in [-0.2, 0) is 25.2 Å². The molecule has 0 saturated heterocycles. The molecule has 0 aromatic heterocycles. The second-order valence-electron chi connectivity index (χ2n) is 3.77. The number of carbonyl (C=O) groups is 2. The summed E-state index contributed by atoms with van der Waals surface area (Å²) in [4.78, 5) is 22.6. The van der Waals surface area contributed by atoms with E-state index in [0.29, 0.717) is 0 Å². The number of alkyl halides is 3. The molecule has 1 aromatic rings. The first-order valence-electron chi connectivity index (χ1n) is 5.60. The van der Waals surface area contributed by atoms with Crippen molar-refractivity contribution in [3.05, 3.63) is 41.6 Å². The fourth-order valence-electron chi connectivity index (χ4n) is 1.33. The van der Waals surface area contributed by atoms with Crippen LogP contribution in [0.1, 0.15) is 5.56 Å². The summed E-state index contributed by atoms with van der Waals surface area (Å²) in [6.45, 7) is 0. The van der Waals surface area contributed by atoms with Crippen molar-refractivity contribution in [1.82, 2.24) is 0 Å². The molecule has 21 heavy (non-hydrogen) atoms. The molecule has 1 rings (SSSR count). The number of nitrogens with one attached hydrogen (secondary N) is 1. The lowest BCUT2D eigenvalue weighted by Gasteiger charge is -2.11. The summed E-state index contributed by atoms with van der Waals surface area (Å²) in [5.41, 5.74) is -0.905. The van der Waals surface area contributed by atoms with Gasteiger partial charge < -0.3 is 14.8 Å². The predicted molar refractivity (Wildman–Crippen MR) is 67.2 cm³/mol. The van der Waals surface area contributed by atoms with Crippen molar-refractivity contribution in [3.8, 4) is 0 Å². The quantitative estimate of drug-likeness (QED) is 0.683. The van der Waals surface area contributed by atoms with Crippen LogP contribution < -0.4 is 5.32 Å². The number of rotatable bonds is 4. The van der Waals surface area contributed by atoms with Crippen LogP contribution in [0.4, 0.5) is 18.9 Å². The van der Waals surface area contributed by atoms with Gasteiger partial charge in [-0.2, -0.15) is 13.2 Å². The van der Waals surface area contributed by atoms with Crippen LogP contribution in [0, 0.1) is 0 Å². The maximum absolute atomic E-state index is 12.4. The van der Waals surface area contributed by atoms with E-state index < -0.39 is 23.7 Å². The number of anilines is 1. The van der Waals surface area contributed by atoms with Crippen LogP contribution in [-0.4, -0.2) is 26.2 Å². The zero-order valence-electron chi connectivity index (χ0n) is 11.2. The molecule has 1 aromatic carbocycles. The number of carbonyl (C=O) groups excluding carboxylic acids is 2. The van der Waals surface area contributed by atoms with Gasteiger partial charge in [-0.3, -0.25) is 0 Å². The average molecular weight is 303 g/mol. The number of methoxy groups -OCH3 is 2. The molecule has 0 spiro atoms. The number of hydrogen-bond acceptors (Lipinski definition) is 5. The Morgan fingerprint density at radius 3 is 2.10 bits per heavy atom. The summed E-state index contributed by atoms with van der Waals surface area (Å²) < 4.78 is 46.1. The normalized spacial score (nSPS) is 11.8. The van der Waals surface area contributed by atoms with Crippen LogP contribution in [0.25, 0.3) is 0 Å². The lowest BCUT2D eigenvalue weighted by atomic mass is 10.2. The Hall–Kier alpha value is -2.51. The van der Waals surface area contributed by atoms with Crippen molar-refractivity contribution in [2.75, 3.05) is 19.5 Å². The summed E-state index contributed by atoms with van der Waals surface area (Å²) in [5.74, 6) is -1.67. The molecule has 0 aliphatic heterocycles. The molecule has 0 fully saturated rings. The highest BCUT2D eigenvalue weighted by atomic mass is 19.4. The smallest absolute Gasteiger partial charge is 0.416 e. The standard InChI is InChI=1S/C13H12F3NO4/c1-20-11(18)7-10(12(19)21-2)17-9-5-3-8(4-6-9)13(14,15)16/h3-7,17H,1-2H3/b10-7+. The molecule has 0 amide bonds. The Morgan fingerprint density at radius 1 is 1.10 bits per heavy atom. The summed E-state index contributed by atoms with van der Waals surface area (Å²) in [7, 11) is 2.22. The van der Waals surface area contributed by atoms with E-state index in [4.69, 9.17) is 0 Å². The lowest BCUT2D eigenvalue weighted by molar-refractivity contribution is -0.138. The highest BCUT2D eigenvalue weighted by Crippen LogP contribution is 2.30.